The van der Waals surface area contributed by atoms with Crippen molar-refractivity contribution >= 4 is 11.0 Å². The van der Waals surface area contributed by atoms with Gasteiger partial charge in [0.05, 0.1) is 5.69 Å². The summed E-state index contributed by atoms with van der Waals surface area (Å²) < 4.78 is 3.27. The summed E-state index contributed by atoms with van der Waals surface area (Å²) in [6.07, 6.45) is 2.92. The van der Waals surface area contributed by atoms with E-state index in [-0.39, 0.29) is 11.6 Å². The highest BCUT2D eigenvalue weighted by Crippen LogP contribution is 2.21. The van der Waals surface area contributed by atoms with E-state index in [1.54, 1.807) is 41.4 Å². The second-order valence-corrected chi connectivity index (χ2v) is 6.26. The molecule has 0 aliphatic carbocycles. The smallest absolute Gasteiger partial charge is 0.278 e. The Morgan fingerprint density at radius 3 is 2.65 bits per heavy atom. The Kier molecular flexibility index (Phi) is 3.52. The van der Waals surface area contributed by atoms with Crippen LogP contribution in [0.25, 0.3) is 16.9 Å². The van der Waals surface area contributed by atoms with Crippen molar-refractivity contribution in [1.82, 2.24) is 24.3 Å². The number of pyridine rings is 1. The van der Waals surface area contributed by atoms with E-state index in [1.165, 1.54) is 12.5 Å². The lowest BCUT2D eigenvalue weighted by Gasteiger charge is -2.19. The van der Waals surface area contributed by atoms with Gasteiger partial charge in [0.25, 0.3) is 5.56 Å². The molecule has 1 N–H and O–H groups in total. The first-order valence-electron chi connectivity index (χ1n) is 7.44. The quantitative estimate of drug-likeness (QED) is 0.796. The molecule has 0 aliphatic heterocycles. The van der Waals surface area contributed by atoms with E-state index in [1.807, 2.05) is 13.8 Å². The van der Waals surface area contributed by atoms with Crippen molar-refractivity contribution in [2.24, 2.45) is 0 Å². The molecule has 0 bridgehead atoms. The fourth-order valence-corrected chi connectivity index (χ4v) is 2.53. The van der Waals surface area contributed by atoms with Gasteiger partial charge in [0.15, 0.2) is 11.5 Å². The monoisotopic (exact) mass is 313 g/mol. The van der Waals surface area contributed by atoms with Gasteiger partial charge >= 0.3 is 0 Å². The molecule has 0 amide bonds. The van der Waals surface area contributed by atoms with E-state index < -0.39 is 5.60 Å². The summed E-state index contributed by atoms with van der Waals surface area (Å²) in [5, 5.41) is 10.6. The Labute approximate surface area is 133 Å². The van der Waals surface area contributed by atoms with E-state index >= 15 is 0 Å². The van der Waals surface area contributed by atoms with Gasteiger partial charge in [0, 0.05) is 12.2 Å². The Morgan fingerprint density at radius 2 is 2.00 bits per heavy atom. The van der Waals surface area contributed by atoms with Crippen LogP contribution in [0.5, 0.6) is 0 Å². The van der Waals surface area contributed by atoms with Gasteiger partial charge in [-0.25, -0.2) is 24.3 Å². The van der Waals surface area contributed by atoms with Gasteiger partial charge in [-0.1, -0.05) is 6.07 Å². The predicted molar refractivity (Wildman–Crippen MR) is 86.5 cm³/mol. The number of nitrogens with zero attached hydrogens (tertiary/aromatic N) is 5. The van der Waals surface area contributed by atoms with Crippen LogP contribution in [-0.2, 0) is 5.60 Å². The van der Waals surface area contributed by atoms with Crippen molar-refractivity contribution in [2.75, 3.05) is 0 Å². The van der Waals surface area contributed by atoms with Crippen molar-refractivity contribution in [1.29, 1.82) is 0 Å². The predicted octanol–water partition coefficient (Wildman–Crippen LogP) is 1.79. The zero-order chi connectivity index (χ0) is 16.8. The molecule has 0 saturated carbocycles. The van der Waals surface area contributed by atoms with Crippen LogP contribution in [0, 0.1) is 0 Å². The lowest BCUT2D eigenvalue weighted by atomic mass is 10.1. The van der Waals surface area contributed by atoms with Crippen molar-refractivity contribution in [3.05, 3.63) is 46.8 Å². The minimum Gasteiger partial charge on any atom is -0.384 e. The maximum atomic E-state index is 12.6. The molecule has 0 unspecified atom stereocenters. The molecular formula is C16H19N5O2. The minimum atomic E-state index is -1.07. The van der Waals surface area contributed by atoms with Gasteiger partial charge in [0.2, 0.25) is 0 Å². The van der Waals surface area contributed by atoms with Crippen LogP contribution in [0.15, 0.2) is 35.5 Å². The SMILES string of the molecule is CC(C)n1c(=O)c2cncnc2n1-c1cccc(C(C)(C)O)n1. The van der Waals surface area contributed by atoms with Crippen LogP contribution in [0.1, 0.15) is 39.4 Å². The van der Waals surface area contributed by atoms with Crippen LogP contribution >= 0.6 is 0 Å². The third-order valence-electron chi connectivity index (χ3n) is 3.61. The number of aliphatic hydroxyl groups is 1. The van der Waals surface area contributed by atoms with E-state index in [9.17, 15) is 9.90 Å². The summed E-state index contributed by atoms with van der Waals surface area (Å²) in [5.41, 5.74) is -0.212. The van der Waals surface area contributed by atoms with Gasteiger partial charge in [0.1, 0.15) is 17.3 Å². The lowest BCUT2D eigenvalue weighted by molar-refractivity contribution is 0.0738. The van der Waals surface area contributed by atoms with Crippen LogP contribution in [0.2, 0.25) is 0 Å². The van der Waals surface area contributed by atoms with Crippen molar-refractivity contribution in [3.63, 3.8) is 0 Å². The first-order valence-corrected chi connectivity index (χ1v) is 7.44. The number of fused-ring (bicyclic) bond motifs is 1. The number of rotatable bonds is 3. The van der Waals surface area contributed by atoms with E-state index in [0.29, 0.717) is 22.5 Å². The summed E-state index contributed by atoms with van der Waals surface area (Å²) in [6.45, 7) is 7.18. The first kappa shape index (κ1) is 15.4. The number of aromatic nitrogens is 5. The number of hydrogen-bond donors (Lipinski definition) is 1. The minimum absolute atomic E-state index is 0.0794. The molecule has 0 spiro atoms. The Bertz CT molecular complexity index is 918. The molecule has 3 aromatic rings. The zero-order valence-corrected chi connectivity index (χ0v) is 13.6. The van der Waals surface area contributed by atoms with Crippen LogP contribution in [0.4, 0.5) is 0 Å². The van der Waals surface area contributed by atoms with Gasteiger partial charge in [-0.3, -0.25) is 4.79 Å². The third kappa shape index (κ3) is 2.53. The van der Waals surface area contributed by atoms with Crippen LogP contribution < -0.4 is 5.56 Å². The molecule has 0 aliphatic rings. The molecule has 7 heteroatoms. The zero-order valence-electron chi connectivity index (χ0n) is 13.6. The standard InChI is InChI=1S/C16H19N5O2/c1-10(2)20-15(22)11-8-17-9-18-14(11)21(20)13-7-5-6-12(19-13)16(3,4)23/h5-10,23H,1-4H3. The molecule has 0 aromatic carbocycles. The van der Waals surface area contributed by atoms with Gasteiger partial charge in [-0.05, 0) is 39.8 Å². The van der Waals surface area contributed by atoms with E-state index in [0.717, 1.165) is 0 Å². The lowest BCUT2D eigenvalue weighted by Crippen LogP contribution is -2.25. The van der Waals surface area contributed by atoms with Crippen molar-refractivity contribution < 1.29 is 5.11 Å². The molecule has 7 nitrogen and oxygen atoms in total. The molecule has 0 fully saturated rings. The second kappa shape index (κ2) is 5.27. The summed E-state index contributed by atoms with van der Waals surface area (Å²) in [4.78, 5) is 25.3. The van der Waals surface area contributed by atoms with Crippen molar-refractivity contribution in [2.45, 2.75) is 39.3 Å². The molecule has 0 radical (unpaired) electrons. The molecule has 0 saturated heterocycles. The number of hydrogen-bond acceptors (Lipinski definition) is 5. The first-order chi connectivity index (χ1) is 10.8. The fraction of sp³-hybridized carbons (Fsp3) is 0.375. The largest absolute Gasteiger partial charge is 0.384 e. The van der Waals surface area contributed by atoms with E-state index in [2.05, 4.69) is 15.0 Å². The van der Waals surface area contributed by atoms with Gasteiger partial charge in [-0.2, -0.15) is 0 Å². The summed E-state index contributed by atoms with van der Waals surface area (Å²) in [5.74, 6) is 0.532. The summed E-state index contributed by atoms with van der Waals surface area (Å²) in [6, 6.07) is 5.26. The molecule has 3 heterocycles. The molecule has 3 aromatic heterocycles. The summed E-state index contributed by atoms with van der Waals surface area (Å²) >= 11 is 0. The normalized spacial score (nSPS) is 12.3. The Morgan fingerprint density at radius 1 is 1.26 bits per heavy atom. The highest BCUT2D eigenvalue weighted by molar-refractivity contribution is 5.74. The molecule has 0 atom stereocenters. The fourth-order valence-electron chi connectivity index (χ4n) is 2.53. The average Bonchev–Trinajstić information content (AvgIpc) is 2.80. The summed E-state index contributed by atoms with van der Waals surface area (Å²) in [7, 11) is 0. The van der Waals surface area contributed by atoms with Crippen molar-refractivity contribution in [3.8, 4) is 5.82 Å². The Balaban J connectivity index is 2.36. The molecule has 3 rings (SSSR count). The maximum Gasteiger partial charge on any atom is 0.278 e. The highest BCUT2D eigenvalue weighted by atomic mass is 16.3. The maximum absolute atomic E-state index is 12.6. The second-order valence-electron chi connectivity index (χ2n) is 6.26. The molecule has 120 valence electrons. The highest BCUT2D eigenvalue weighted by Gasteiger charge is 2.22. The Hall–Kier alpha value is -2.54. The van der Waals surface area contributed by atoms with E-state index in [4.69, 9.17) is 0 Å². The third-order valence-corrected chi connectivity index (χ3v) is 3.61. The van der Waals surface area contributed by atoms with Crippen LogP contribution in [-0.4, -0.2) is 29.4 Å². The average molecular weight is 313 g/mol. The molecular weight excluding hydrogens is 294 g/mol. The topological polar surface area (TPSA) is 85.8 Å². The van der Waals surface area contributed by atoms with Crippen LogP contribution in [0.3, 0.4) is 0 Å². The molecule has 23 heavy (non-hydrogen) atoms. The van der Waals surface area contributed by atoms with Gasteiger partial charge in [-0.15, -0.1) is 0 Å². The van der Waals surface area contributed by atoms with Gasteiger partial charge < -0.3 is 5.11 Å².